The molecule has 1 fully saturated rings. The molecular weight excluding hydrogens is 138 g/mol. The summed E-state index contributed by atoms with van der Waals surface area (Å²) in [6.07, 6.45) is 0. The zero-order valence-corrected chi connectivity index (χ0v) is 8.00. The van der Waals surface area contributed by atoms with Gasteiger partial charge in [-0.3, -0.25) is 0 Å². The van der Waals surface area contributed by atoms with Crippen LogP contribution in [-0.2, 0) is 4.74 Å². The molecule has 0 aromatic carbocycles. The minimum Gasteiger partial charge on any atom is -0.383 e. The Kier molecular flexibility index (Phi) is 2.90. The summed E-state index contributed by atoms with van der Waals surface area (Å²) >= 11 is 0. The van der Waals surface area contributed by atoms with Gasteiger partial charge in [-0.05, 0) is 18.9 Å². The summed E-state index contributed by atoms with van der Waals surface area (Å²) in [5, 5.41) is 0. The van der Waals surface area contributed by atoms with E-state index in [9.17, 15) is 0 Å². The Morgan fingerprint density at radius 3 is 2.45 bits per heavy atom. The van der Waals surface area contributed by atoms with E-state index in [1.165, 1.54) is 6.54 Å². The lowest BCUT2D eigenvalue weighted by Gasteiger charge is -2.21. The Balaban J connectivity index is 2.49. The van der Waals surface area contributed by atoms with Gasteiger partial charge in [-0.2, -0.15) is 0 Å². The molecule has 0 amide bonds. The third kappa shape index (κ3) is 1.74. The van der Waals surface area contributed by atoms with Crippen LogP contribution in [0, 0.1) is 11.8 Å². The van der Waals surface area contributed by atoms with Gasteiger partial charge in [-0.25, -0.2) is 0 Å². The summed E-state index contributed by atoms with van der Waals surface area (Å²) in [7, 11) is 3.97. The Labute approximate surface area is 69.5 Å². The quantitative estimate of drug-likeness (QED) is 0.597. The van der Waals surface area contributed by atoms with Crippen LogP contribution in [0.4, 0.5) is 0 Å². The highest BCUT2D eigenvalue weighted by Gasteiger charge is 2.33. The van der Waals surface area contributed by atoms with Crippen molar-refractivity contribution in [2.24, 2.45) is 11.8 Å². The van der Waals surface area contributed by atoms with Crippen LogP contribution in [0.2, 0.25) is 0 Å². The van der Waals surface area contributed by atoms with Gasteiger partial charge in [0.25, 0.3) is 0 Å². The van der Waals surface area contributed by atoms with E-state index in [4.69, 9.17) is 4.74 Å². The number of hydrogen-bond acceptors (Lipinski definition) is 2. The molecule has 2 heteroatoms. The second-order valence-corrected chi connectivity index (χ2v) is 3.80. The molecule has 0 aromatic rings. The first-order valence-corrected chi connectivity index (χ1v) is 4.36. The normalized spacial score (nSPS) is 39.8. The molecule has 66 valence electrons. The lowest BCUT2D eigenvalue weighted by Crippen LogP contribution is -2.32. The predicted octanol–water partition coefficient (Wildman–Crippen LogP) is 1.22. The van der Waals surface area contributed by atoms with E-state index >= 15 is 0 Å². The van der Waals surface area contributed by atoms with Crippen molar-refractivity contribution < 1.29 is 4.74 Å². The molecule has 0 N–H and O–H groups in total. The Morgan fingerprint density at radius 2 is 2.09 bits per heavy atom. The molecule has 0 saturated carbocycles. The molecule has 0 spiro atoms. The summed E-state index contributed by atoms with van der Waals surface area (Å²) < 4.78 is 5.17. The average molecular weight is 157 g/mol. The molecule has 2 nitrogen and oxygen atoms in total. The third-order valence-corrected chi connectivity index (χ3v) is 2.98. The number of likely N-dealkylation sites (N-methyl/N-ethyl adjacent to an activating group) is 1. The predicted molar refractivity (Wildman–Crippen MR) is 46.6 cm³/mol. The van der Waals surface area contributed by atoms with Crippen molar-refractivity contribution in [2.45, 2.75) is 19.9 Å². The van der Waals surface area contributed by atoms with Gasteiger partial charge < -0.3 is 9.64 Å². The Morgan fingerprint density at radius 1 is 1.45 bits per heavy atom. The maximum absolute atomic E-state index is 5.17. The van der Waals surface area contributed by atoms with Gasteiger partial charge in [0.2, 0.25) is 0 Å². The van der Waals surface area contributed by atoms with Crippen molar-refractivity contribution in [3.05, 3.63) is 0 Å². The Bertz CT molecular complexity index is 127. The lowest BCUT2D eigenvalue weighted by molar-refractivity contribution is 0.112. The number of likely N-dealkylation sites (tertiary alicyclic amines) is 1. The standard InChI is InChI=1S/C9H19NO/c1-7-5-10(3)9(6-11-4)8(7)2/h7-9H,5-6H2,1-4H3/t7-,8-,9+/m0/s1. The van der Waals surface area contributed by atoms with Crippen molar-refractivity contribution in [3.63, 3.8) is 0 Å². The summed E-state index contributed by atoms with van der Waals surface area (Å²) in [6, 6.07) is 0.634. The highest BCUT2D eigenvalue weighted by atomic mass is 16.5. The molecule has 0 aromatic heterocycles. The van der Waals surface area contributed by atoms with E-state index in [0.717, 1.165) is 18.4 Å². The molecular formula is C9H19NO. The van der Waals surface area contributed by atoms with Gasteiger partial charge in [-0.1, -0.05) is 13.8 Å². The second-order valence-electron chi connectivity index (χ2n) is 3.80. The van der Waals surface area contributed by atoms with E-state index in [1.54, 1.807) is 7.11 Å². The van der Waals surface area contributed by atoms with Gasteiger partial charge in [0.1, 0.15) is 0 Å². The SMILES string of the molecule is COC[C@@H]1[C@@H](C)[C@@H](C)CN1C. The summed E-state index contributed by atoms with van der Waals surface area (Å²) in [5.74, 6) is 1.60. The van der Waals surface area contributed by atoms with E-state index in [2.05, 4.69) is 25.8 Å². The molecule has 0 bridgehead atoms. The fraction of sp³-hybridized carbons (Fsp3) is 1.00. The first-order valence-electron chi connectivity index (χ1n) is 4.36. The van der Waals surface area contributed by atoms with Crippen molar-refractivity contribution >= 4 is 0 Å². The van der Waals surface area contributed by atoms with Crippen LogP contribution >= 0.6 is 0 Å². The third-order valence-electron chi connectivity index (χ3n) is 2.98. The maximum atomic E-state index is 5.17. The molecule has 0 radical (unpaired) electrons. The fourth-order valence-corrected chi connectivity index (χ4v) is 1.99. The molecule has 1 aliphatic rings. The van der Waals surface area contributed by atoms with Crippen molar-refractivity contribution in [1.82, 2.24) is 4.90 Å². The minimum atomic E-state index is 0.634. The maximum Gasteiger partial charge on any atom is 0.0620 e. The number of ether oxygens (including phenoxy) is 1. The minimum absolute atomic E-state index is 0.634. The summed E-state index contributed by atoms with van der Waals surface area (Å²) in [5.41, 5.74) is 0. The number of methoxy groups -OCH3 is 1. The lowest BCUT2D eigenvalue weighted by atomic mass is 9.95. The highest BCUT2D eigenvalue weighted by Crippen LogP contribution is 2.27. The monoisotopic (exact) mass is 157 g/mol. The number of rotatable bonds is 2. The first-order chi connectivity index (χ1) is 5.16. The molecule has 1 saturated heterocycles. The zero-order chi connectivity index (χ0) is 8.43. The molecule has 3 atom stereocenters. The van der Waals surface area contributed by atoms with Gasteiger partial charge >= 0.3 is 0 Å². The van der Waals surface area contributed by atoms with Crippen molar-refractivity contribution in [3.8, 4) is 0 Å². The fourth-order valence-electron chi connectivity index (χ4n) is 1.99. The van der Waals surface area contributed by atoms with E-state index in [1.807, 2.05) is 0 Å². The average Bonchev–Trinajstić information content (AvgIpc) is 2.17. The van der Waals surface area contributed by atoms with Crippen LogP contribution in [-0.4, -0.2) is 38.3 Å². The largest absolute Gasteiger partial charge is 0.383 e. The summed E-state index contributed by atoms with van der Waals surface area (Å²) in [4.78, 5) is 2.40. The van der Waals surface area contributed by atoms with E-state index < -0.39 is 0 Å². The van der Waals surface area contributed by atoms with Crippen LogP contribution in [0.3, 0.4) is 0 Å². The van der Waals surface area contributed by atoms with Gasteiger partial charge in [-0.15, -0.1) is 0 Å². The van der Waals surface area contributed by atoms with Crippen LogP contribution in [0.1, 0.15) is 13.8 Å². The molecule has 1 heterocycles. The van der Waals surface area contributed by atoms with Crippen molar-refractivity contribution in [2.75, 3.05) is 27.3 Å². The highest BCUT2D eigenvalue weighted by molar-refractivity contribution is 4.86. The first kappa shape index (κ1) is 9.01. The second kappa shape index (κ2) is 3.55. The number of nitrogens with zero attached hydrogens (tertiary/aromatic N) is 1. The van der Waals surface area contributed by atoms with Gasteiger partial charge in [0.05, 0.1) is 6.61 Å². The zero-order valence-electron chi connectivity index (χ0n) is 8.00. The topological polar surface area (TPSA) is 12.5 Å². The Hall–Kier alpha value is -0.0800. The van der Waals surface area contributed by atoms with Gasteiger partial charge in [0.15, 0.2) is 0 Å². The van der Waals surface area contributed by atoms with Crippen LogP contribution in [0.25, 0.3) is 0 Å². The smallest absolute Gasteiger partial charge is 0.0620 e. The molecule has 11 heavy (non-hydrogen) atoms. The number of hydrogen-bond donors (Lipinski definition) is 0. The molecule has 0 aliphatic carbocycles. The molecule has 1 aliphatic heterocycles. The van der Waals surface area contributed by atoms with Crippen LogP contribution in [0.15, 0.2) is 0 Å². The molecule has 1 rings (SSSR count). The van der Waals surface area contributed by atoms with Crippen LogP contribution in [0.5, 0.6) is 0 Å². The van der Waals surface area contributed by atoms with Crippen LogP contribution < -0.4 is 0 Å². The van der Waals surface area contributed by atoms with E-state index in [-0.39, 0.29) is 0 Å². The van der Waals surface area contributed by atoms with Gasteiger partial charge in [0, 0.05) is 19.7 Å². The van der Waals surface area contributed by atoms with E-state index in [0.29, 0.717) is 6.04 Å². The molecule has 0 unspecified atom stereocenters. The van der Waals surface area contributed by atoms with Crippen molar-refractivity contribution in [1.29, 1.82) is 0 Å². The summed E-state index contributed by atoms with van der Waals surface area (Å²) in [6.45, 7) is 6.73.